The number of rotatable bonds is 7. The molecule has 0 saturated heterocycles. The number of aromatic nitrogens is 1. The Hall–Kier alpha value is -3.30. The number of aliphatic hydroxyl groups excluding tert-OH is 1. The molecular weight excluding hydrogens is 414 g/mol. The van der Waals surface area contributed by atoms with E-state index in [2.05, 4.69) is 44.3 Å². The minimum atomic E-state index is -0.185. The van der Waals surface area contributed by atoms with Crippen molar-refractivity contribution in [2.45, 2.75) is 45.6 Å². The van der Waals surface area contributed by atoms with Gasteiger partial charge in [-0.25, -0.2) is 0 Å². The van der Waals surface area contributed by atoms with Gasteiger partial charge in [-0.2, -0.15) is 5.26 Å². The van der Waals surface area contributed by atoms with Crippen molar-refractivity contribution in [3.05, 3.63) is 64.8 Å². The highest BCUT2D eigenvalue weighted by Gasteiger charge is 2.42. The van der Waals surface area contributed by atoms with Gasteiger partial charge in [0.15, 0.2) is 0 Å². The number of benzene rings is 2. The maximum absolute atomic E-state index is 13.2. The van der Waals surface area contributed by atoms with Crippen molar-refractivity contribution >= 4 is 16.8 Å². The van der Waals surface area contributed by atoms with Crippen molar-refractivity contribution in [2.75, 3.05) is 20.3 Å². The van der Waals surface area contributed by atoms with Gasteiger partial charge in [-0.05, 0) is 60.2 Å². The fraction of sp³-hybridized carbons (Fsp3) is 0.407. The molecule has 0 radical (unpaired) electrons. The summed E-state index contributed by atoms with van der Waals surface area (Å²) in [4.78, 5) is 13.2. The van der Waals surface area contributed by atoms with Crippen LogP contribution in [0.2, 0.25) is 0 Å². The smallest absolute Gasteiger partial charge is 0.267 e. The third-order valence-electron chi connectivity index (χ3n) is 6.65. The predicted octanol–water partition coefficient (Wildman–Crippen LogP) is 4.37. The first-order chi connectivity index (χ1) is 15.7. The van der Waals surface area contributed by atoms with Crippen LogP contribution in [0.5, 0.6) is 5.75 Å². The third-order valence-corrected chi connectivity index (χ3v) is 6.65. The van der Waals surface area contributed by atoms with Crippen LogP contribution in [0.25, 0.3) is 10.9 Å². The molecule has 2 aromatic carbocycles. The zero-order valence-corrected chi connectivity index (χ0v) is 19.7. The topological polar surface area (TPSA) is 87.3 Å². The van der Waals surface area contributed by atoms with Crippen LogP contribution < -0.4 is 10.1 Å². The van der Waals surface area contributed by atoms with Crippen molar-refractivity contribution in [3.8, 4) is 11.8 Å². The second-order valence-electron chi connectivity index (χ2n) is 10.1. The minimum Gasteiger partial charge on any atom is -0.496 e. The van der Waals surface area contributed by atoms with E-state index in [-0.39, 0.29) is 23.3 Å². The van der Waals surface area contributed by atoms with Crippen LogP contribution in [-0.2, 0) is 12.0 Å². The third kappa shape index (κ3) is 4.60. The normalized spacial score (nSPS) is 14.7. The molecule has 172 valence electrons. The van der Waals surface area contributed by atoms with Gasteiger partial charge in [0.25, 0.3) is 5.91 Å². The molecule has 2 N–H and O–H groups in total. The lowest BCUT2D eigenvalue weighted by atomic mass is 9.86. The molecule has 0 bridgehead atoms. The van der Waals surface area contributed by atoms with Crippen LogP contribution in [-0.4, -0.2) is 35.8 Å². The number of nitrogens with one attached hydrogen (secondary N) is 1. The SMILES string of the molecule is COc1ccc(C(C)(C)C)cc1Cn1c(C(=O)NCC2(CO)CC2)cc2cc(C#N)ccc21. The second-order valence-corrected chi connectivity index (χ2v) is 10.1. The fourth-order valence-corrected chi connectivity index (χ4v) is 4.16. The van der Waals surface area contributed by atoms with E-state index in [1.807, 2.05) is 28.8 Å². The number of aliphatic hydroxyl groups is 1. The number of nitriles is 1. The molecule has 1 aliphatic rings. The molecule has 1 aliphatic carbocycles. The number of ether oxygens (including phenoxy) is 1. The fourth-order valence-electron chi connectivity index (χ4n) is 4.16. The molecular formula is C27H31N3O3. The lowest BCUT2D eigenvalue weighted by Crippen LogP contribution is -2.33. The summed E-state index contributed by atoms with van der Waals surface area (Å²) in [7, 11) is 1.65. The van der Waals surface area contributed by atoms with Crippen molar-refractivity contribution in [3.63, 3.8) is 0 Å². The van der Waals surface area contributed by atoms with Gasteiger partial charge >= 0.3 is 0 Å². The zero-order valence-electron chi connectivity index (χ0n) is 19.7. The van der Waals surface area contributed by atoms with Gasteiger partial charge < -0.3 is 19.7 Å². The molecule has 0 spiro atoms. The largest absolute Gasteiger partial charge is 0.496 e. The van der Waals surface area contributed by atoms with E-state index in [1.54, 1.807) is 13.2 Å². The minimum absolute atomic E-state index is 0.0233. The average Bonchev–Trinajstić information content (AvgIpc) is 3.51. The van der Waals surface area contributed by atoms with Gasteiger partial charge in [-0.15, -0.1) is 0 Å². The lowest BCUT2D eigenvalue weighted by Gasteiger charge is -2.22. The summed E-state index contributed by atoms with van der Waals surface area (Å²) >= 11 is 0. The van der Waals surface area contributed by atoms with Gasteiger partial charge in [0, 0.05) is 28.4 Å². The lowest BCUT2D eigenvalue weighted by molar-refractivity contribution is 0.0926. The van der Waals surface area contributed by atoms with Gasteiger partial charge in [0.05, 0.1) is 31.9 Å². The highest BCUT2D eigenvalue weighted by atomic mass is 16.5. The Bertz CT molecular complexity index is 1240. The molecule has 4 rings (SSSR count). The Labute approximate surface area is 194 Å². The second kappa shape index (κ2) is 8.57. The number of carbonyl (C=O) groups excluding carboxylic acids is 1. The summed E-state index contributed by atoms with van der Waals surface area (Å²) in [6.45, 7) is 7.49. The molecule has 1 fully saturated rings. The first kappa shape index (κ1) is 22.9. The molecule has 1 heterocycles. The molecule has 1 saturated carbocycles. The maximum Gasteiger partial charge on any atom is 0.267 e. The van der Waals surface area contributed by atoms with E-state index in [4.69, 9.17) is 4.74 Å². The van der Waals surface area contributed by atoms with Crippen LogP contribution in [0.3, 0.4) is 0 Å². The van der Waals surface area contributed by atoms with Crippen molar-refractivity contribution < 1.29 is 14.6 Å². The molecule has 1 amide bonds. The summed E-state index contributed by atoms with van der Waals surface area (Å²) in [5.41, 5.74) is 3.93. The standard InChI is InChI=1S/C27H31N3O3/c1-26(2,3)21-6-8-24(33-4)20(12-21)15-30-22-7-5-18(14-28)11-19(22)13-23(30)25(32)29-16-27(17-31)9-10-27/h5-8,11-13,31H,9-10,15-17H2,1-4H3,(H,29,32). The molecule has 0 atom stereocenters. The summed E-state index contributed by atoms with van der Waals surface area (Å²) < 4.78 is 7.62. The highest BCUT2D eigenvalue weighted by molar-refractivity contribution is 5.99. The Morgan fingerprint density at radius 3 is 2.58 bits per heavy atom. The van der Waals surface area contributed by atoms with Gasteiger partial charge in [0.1, 0.15) is 11.4 Å². The van der Waals surface area contributed by atoms with Crippen molar-refractivity contribution in [1.82, 2.24) is 9.88 Å². The van der Waals surface area contributed by atoms with Gasteiger partial charge in [-0.1, -0.05) is 26.8 Å². The predicted molar refractivity (Wildman–Crippen MR) is 129 cm³/mol. The number of amides is 1. The Morgan fingerprint density at radius 2 is 1.97 bits per heavy atom. The highest BCUT2D eigenvalue weighted by Crippen LogP contribution is 2.44. The Kier molecular flexibility index (Phi) is 5.94. The number of nitrogens with zero attached hydrogens (tertiary/aromatic N) is 2. The average molecular weight is 446 g/mol. The molecule has 0 unspecified atom stereocenters. The first-order valence-electron chi connectivity index (χ1n) is 11.3. The van der Waals surface area contributed by atoms with Crippen molar-refractivity contribution in [2.24, 2.45) is 5.41 Å². The van der Waals surface area contributed by atoms with Gasteiger partial charge in [-0.3, -0.25) is 4.79 Å². The van der Waals surface area contributed by atoms with E-state index in [1.165, 1.54) is 5.56 Å². The Morgan fingerprint density at radius 1 is 1.21 bits per heavy atom. The van der Waals surface area contributed by atoms with Crippen LogP contribution >= 0.6 is 0 Å². The summed E-state index contributed by atoms with van der Waals surface area (Å²) in [5, 5.41) is 22.8. The molecule has 6 nitrogen and oxygen atoms in total. The van der Waals surface area contributed by atoms with E-state index in [0.717, 1.165) is 35.1 Å². The summed E-state index contributed by atoms with van der Waals surface area (Å²) in [6.07, 6.45) is 1.85. The quantitative estimate of drug-likeness (QED) is 0.565. The molecule has 0 aliphatic heterocycles. The number of methoxy groups -OCH3 is 1. The first-order valence-corrected chi connectivity index (χ1v) is 11.3. The summed E-state index contributed by atoms with van der Waals surface area (Å²) in [5.74, 6) is 0.581. The number of carbonyl (C=O) groups is 1. The number of hydrogen-bond acceptors (Lipinski definition) is 4. The molecule has 33 heavy (non-hydrogen) atoms. The molecule has 3 aromatic rings. The van der Waals surface area contributed by atoms with E-state index in [9.17, 15) is 15.2 Å². The number of fused-ring (bicyclic) bond motifs is 1. The van der Waals surface area contributed by atoms with Crippen molar-refractivity contribution in [1.29, 1.82) is 5.26 Å². The monoisotopic (exact) mass is 445 g/mol. The maximum atomic E-state index is 13.2. The number of hydrogen-bond donors (Lipinski definition) is 2. The van der Waals surface area contributed by atoms with Crippen LogP contribution in [0.4, 0.5) is 0 Å². The van der Waals surface area contributed by atoms with Gasteiger partial charge in [0.2, 0.25) is 0 Å². The molecule has 6 heteroatoms. The van der Waals surface area contributed by atoms with Crippen LogP contribution in [0.1, 0.15) is 60.8 Å². The molecule has 1 aromatic heterocycles. The Balaban J connectivity index is 1.76. The van der Waals surface area contributed by atoms with Crippen LogP contribution in [0, 0.1) is 16.7 Å². The van der Waals surface area contributed by atoms with E-state index < -0.39 is 0 Å². The van der Waals surface area contributed by atoms with Crippen LogP contribution in [0.15, 0.2) is 42.5 Å². The van der Waals surface area contributed by atoms with E-state index >= 15 is 0 Å². The zero-order chi connectivity index (χ0) is 23.8. The summed E-state index contributed by atoms with van der Waals surface area (Å²) in [6, 6.07) is 15.7. The van der Waals surface area contributed by atoms with E-state index in [0.29, 0.717) is 24.3 Å².